The molecule has 3 nitrogen and oxygen atoms in total. The van der Waals surface area contributed by atoms with Crippen LogP contribution < -0.4 is 10.5 Å². The molecule has 0 radical (unpaired) electrons. The fourth-order valence-corrected chi connectivity index (χ4v) is 1.62. The summed E-state index contributed by atoms with van der Waals surface area (Å²) < 4.78 is 10.4. The van der Waals surface area contributed by atoms with Crippen LogP contribution >= 0.6 is 0 Å². The van der Waals surface area contributed by atoms with Crippen molar-refractivity contribution < 1.29 is 9.47 Å². The number of benzene rings is 1. The average molecular weight is 193 g/mol. The second-order valence-corrected chi connectivity index (χ2v) is 3.83. The maximum absolute atomic E-state index is 6.12. The lowest BCUT2D eigenvalue weighted by atomic mass is 9.88. The van der Waals surface area contributed by atoms with Crippen molar-refractivity contribution in [3.8, 4) is 5.75 Å². The van der Waals surface area contributed by atoms with E-state index in [2.05, 4.69) is 0 Å². The van der Waals surface area contributed by atoms with Crippen LogP contribution in [0.3, 0.4) is 0 Å². The molecule has 2 N–H and O–H groups in total. The third-order valence-electron chi connectivity index (χ3n) is 2.70. The van der Waals surface area contributed by atoms with E-state index in [9.17, 15) is 0 Å². The quantitative estimate of drug-likeness (QED) is 0.767. The predicted octanol–water partition coefficient (Wildman–Crippen LogP) is 1.19. The predicted molar refractivity (Wildman–Crippen MR) is 54.4 cm³/mol. The minimum absolute atomic E-state index is 0.305. The molecule has 0 unspecified atom stereocenters. The first-order chi connectivity index (χ1) is 6.65. The lowest BCUT2D eigenvalue weighted by Gasteiger charge is -2.38. The third-order valence-corrected chi connectivity index (χ3v) is 2.70. The van der Waals surface area contributed by atoms with Crippen LogP contribution in [0.25, 0.3) is 0 Å². The Labute approximate surface area is 83.8 Å². The van der Waals surface area contributed by atoms with Crippen molar-refractivity contribution in [2.45, 2.75) is 12.5 Å². The molecule has 1 heterocycles. The number of hydrogen-bond donors (Lipinski definition) is 1. The van der Waals surface area contributed by atoms with Crippen LogP contribution in [0.2, 0.25) is 0 Å². The zero-order chi connectivity index (χ0) is 10.2. The van der Waals surface area contributed by atoms with E-state index in [1.54, 1.807) is 7.11 Å². The van der Waals surface area contributed by atoms with E-state index in [0.29, 0.717) is 13.2 Å². The highest BCUT2D eigenvalue weighted by molar-refractivity contribution is 5.40. The summed E-state index contributed by atoms with van der Waals surface area (Å²) in [6, 6.07) is 6.07. The Kier molecular flexibility index (Phi) is 2.21. The second-order valence-electron chi connectivity index (χ2n) is 3.83. The van der Waals surface area contributed by atoms with Gasteiger partial charge in [-0.15, -0.1) is 0 Å². The lowest BCUT2D eigenvalue weighted by molar-refractivity contribution is -0.0569. The second kappa shape index (κ2) is 3.26. The van der Waals surface area contributed by atoms with Gasteiger partial charge in [0, 0.05) is 0 Å². The molecular formula is C11H15NO2. The van der Waals surface area contributed by atoms with Gasteiger partial charge >= 0.3 is 0 Å². The van der Waals surface area contributed by atoms with Crippen molar-refractivity contribution in [3.05, 3.63) is 29.3 Å². The summed E-state index contributed by atoms with van der Waals surface area (Å²) in [5, 5.41) is 0. The SMILES string of the molecule is COc1cc(C2(N)COC2)ccc1C. The lowest BCUT2D eigenvalue weighted by Crippen LogP contribution is -2.54. The van der Waals surface area contributed by atoms with Crippen molar-refractivity contribution in [2.24, 2.45) is 5.73 Å². The van der Waals surface area contributed by atoms with Crippen LogP contribution in [0.5, 0.6) is 5.75 Å². The summed E-state index contributed by atoms with van der Waals surface area (Å²) in [5.74, 6) is 0.888. The zero-order valence-electron chi connectivity index (χ0n) is 8.54. The number of hydrogen-bond acceptors (Lipinski definition) is 3. The molecule has 2 rings (SSSR count). The van der Waals surface area contributed by atoms with Crippen molar-refractivity contribution in [1.82, 2.24) is 0 Å². The van der Waals surface area contributed by atoms with Gasteiger partial charge in [-0.25, -0.2) is 0 Å². The Morgan fingerprint density at radius 3 is 2.64 bits per heavy atom. The molecule has 0 aromatic heterocycles. The van der Waals surface area contributed by atoms with Gasteiger partial charge in [0.2, 0.25) is 0 Å². The van der Waals surface area contributed by atoms with Crippen molar-refractivity contribution in [2.75, 3.05) is 20.3 Å². The Morgan fingerprint density at radius 1 is 1.43 bits per heavy atom. The number of aryl methyl sites for hydroxylation is 1. The first-order valence-electron chi connectivity index (χ1n) is 4.67. The Morgan fingerprint density at radius 2 is 2.14 bits per heavy atom. The largest absolute Gasteiger partial charge is 0.496 e. The number of nitrogens with two attached hydrogens (primary N) is 1. The van der Waals surface area contributed by atoms with Crippen LogP contribution in [-0.4, -0.2) is 20.3 Å². The highest BCUT2D eigenvalue weighted by atomic mass is 16.5. The molecule has 0 amide bonds. The van der Waals surface area contributed by atoms with Gasteiger partial charge in [-0.2, -0.15) is 0 Å². The highest BCUT2D eigenvalue weighted by Gasteiger charge is 2.36. The number of ether oxygens (including phenoxy) is 2. The molecule has 0 aliphatic carbocycles. The molecule has 0 bridgehead atoms. The smallest absolute Gasteiger partial charge is 0.122 e. The van der Waals surface area contributed by atoms with E-state index in [1.807, 2.05) is 25.1 Å². The van der Waals surface area contributed by atoms with Crippen LogP contribution in [0.1, 0.15) is 11.1 Å². The molecule has 1 aliphatic heterocycles. The molecule has 1 aromatic carbocycles. The standard InChI is InChI=1S/C11H15NO2/c1-8-3-4-9(5-10(8)13-2)11(12)6-14-7-11/h3-5H,6-7,12H2,1-2H3. The number of methoxy groups -OCH3 is 1. The first-order valence-corrected chi connectivity index (χ1v) is 4.67. The van der Waals surface area contributed by atoms with Crippen LogP contribution in [-0.2, 0) is 10.3 Å². The zero-order valence-corrected chi connectivity index (χ0v) is 8.54. The molecule has 0 spiro atoms. The first kappa shape index (κ1) is 9.49. The van der Waals surface area contributed by atoms with Crippen LogP contribution in [0.4, 0.5) is 0 Å². The molecule has 14 heavy (non-hydrogen) atoms. The third kappa shape index (κ3) is 1.38. The number of rotatable bonds is 2. The highest BCUT2D eigenvalue weighted by Crippen LogP contribution is 2.30. The summed E-state index contributed by atoms with van der Waals surface area (Å²) >= 11 is 0. The van der Waals surface area contributed by atoms with Crippen molar-refractivity contribution >= 4 is 0 Å². The Balaban J connectivity index is 2.35. The van der Waals surface area contributed by atoms with Gasteiger partial charge in [0.15, 0.2) is 0 Å². The van der Waals surface area contributed by atoms with E-state index >= 15 is 0 Å². The van der Waals surface area contributed by atoms with E-state index in [1.165, 1.54) is 0 Å². The topological polar surface area (TPSA) is 44.5 Å². The van der Waals surface area contributed by atoms with Crippen LogP contribution in [0.15, 0.2) is 18.2 Å². The fourth-order valence-electron chi connectivity index (χ4n) is 1.62. The molecular weight excluding hydrogens is 178 g/mol. The summed E-state index contributed by atoms with van der Waals surface area (Å²) in [7, 11) is 1.67. The van der Waals surface area contributed by atoms with Crippen LogP contribution in [0, 0.1) is 6.92 Å². The molecule has 0 atom stereocenters. The Bertz CT molecular complexity index is 345. The minimum Gasteiger partial charge on any atom is -0.496 e. The summed E-state index contributed by atoms with van der Waals surface area (Å²) in [6.45, 7) is 3.21. The van der Waals surface area contributed by atoms with E-state index < -0.39 is 0 Å². The minimum atomic E-state index is -0.305. The van der Waals surface area contributed by atoms with Gasteiger partial charge in [0.1, 0.15) is 5.75 Å². The fraction of sp³-hybridized carbons (Fsp3) is 0.455. The van der Waals surface area contributed by atoms with Crippen molar-refractivity contribution in [3.63, 3.8) is 0 Å². The monoisotopic (exact) mass is 193 g/mol. The van der Waals surface area contributed by atoms with Gasteiger partial charge in [-0.05, 0) is 24.1 Å². The molecule has 1 saturated heterocycles. The van der Waals surface area contributed by atoms with E-state index in [-0.39, 0.29) is 5.54 Å². The molecule has 3 heteroatoms. The van der Waals surface area contributed by atoms with Gasteiger partial charge in [0.25, 0.3) is 0 Å². The molecule has 1 fully saturated rings. The maximum atomic E-state index is 6.12. The molecule has 76 valence electrons. The summed E-state index contributed by atoms with van der Waals surface area (Å²) in [5.41, 5.74) is 8.03. The van der Waals surface area contributed by atoms with Gasteiger partial charge in [-0.1, -0.05) is 12.1 Å². The average Bonchev–Trinajstić information content (AvgIpc) is 2.15. The molecule has 0 saturated carbocycles. The normalized spacial score (nSPS) is 18.8. The molecule has 1 aliphatic rings. The van der Waals surface area contributed by atoms with Gasteiger partial charge in [-0.3, -0.25) is 0 Å². The Hall–Kier alpha value is -1.06. The van der Waals surface area contributed by atoms with Crippen molar-refractivity contribution in [1.29, 1.82) is 0 Å². The molecule has 1 aromatic rings. The summed E-state index contributed by atoms with van der Waals surface area (Å²) in [4.78, 5) is 0. The summed E-state index contributed by atoms with van der Waals surface area (Å²) in [6.07, 6.45) is 0. The van der Waals surface area contributed by atoms with E-state index in [4.69, 9.17) is 15.2 Å². The van der Waals surface area contributed by atoms with Gasteiger partial charge < -0.3 is 15.2 Å². The van der Waals surface area contributed by atoms with Gasteiger partial charge in [0.05, 0.1) is 25.9 Å². The maximum Gasteiger partial charge on any atom is 0.122 e. The van der Waals surface area contributed by atoms with E-state index in [0.717, 1.165) is 16.9 Å².